The molecule has 0 bridgehead atoms. The van der Waals surface area contributed by atoms with E-state index in [1.165, 1.54) is 0 Å². The molecular weight excluding hydrogens is 556 g/mol. The van der Waals surface area contributed by atoms with Gasteiger partial charge in [0.05, 0.1) is 17.4 Å². The van der Waals surface area contributed by atoms with E-state index in [9.17, 15) is 19.5 Å². The van der Waals surface area contributed by atoms with Crippen LogP contribution in [0, 0.1) is 11.8 Å². The number of aliphatic hydroxyl groups excluding tert-OH is 1. The van der Waals surface area contributed by atoms with Crippen molar-refractivity contribution in [2.24, 2.45) is 11.8 Å². The normalized spacial score (nSPS) is 29.5. The van der Waals surface area contributed by atoms with Gasteiger partial charge >= 0.3 is 0 Å². The second-order valence-electron chi connectivity index (χ2n) is 12.5. The van der Waals surface area contributed by atoms with Crippen LogP contribution in [0.4, 0.5) is 11.4 Å². The van der Waals surface area contributed by atoms with Gasteiger partial charge in [-0.05, 0) is 63.8 Å². The van der Waals surface area contributed by atoms with Crippen molar-refractivity contribution in [1.82, 2.24) is 9.80 Å². The fraction of sp³-hybridized carbons (Fsp3) is 0.629. The first-order valence-electron chi connectivity index (χ1n) is 16.7. The molecule has 1 N–H and O–H groups in total. The molecule has 3 amide bonds. The summed E-state index contributed by atoms with van der Waals surface area (Å²) in [6.07, 6.45) is 12.3. The number of nitrogens with zero attached hydrogens (tertiary/aromatic N) is 4. The number of carbonyl (C=O) groups excluding carboxylic acids is 3. The summed E-state index contributed by atoms with van der Waals surface area (Å²) in [5.41, 5.74) is -0.338. The molecule has 4 heterocycles. The van der Waals surface area contributed by atoms with Gasteiger partial charge in [0.1, 0.15) is 11.6 Å². The zero-order chi connectivity index (χ0) is 31.5. The van der Waals surface area contributed by atoms with E-state index in [1.807, 2.05) is 67.3 Å². The Morgan fingerprint density at radius 1 is 0.841 bits per heavy atom. The van der Waals surface area contributed by atoms with Crippen LogP contribution in [0.25, 0.3) is 0 Å². The van der Waals surface area contributed by atoms with E-state index in [-0.39, 0.29) is 24.3 Å². The lowest BCUT2D eigenvalue weighted by Gasteiger charge is -2.38. The summed E-state index contributed by atoms with van der Waals surface area (Å²) in [4.78, 5) is 51.2. The molecule has 0 saturated carbocycles. The number of amides is 3. The smallest absolute Gasteiger partial charge is 0.253 e. The van der Waals surface area contributed by atoms with Gasteiger partial charge in [-0.3, -0.25) is 14.4 Å². The number of fused-ring (bicyclic) bond motifs is 2. The number of hydrogen-bond donors (Lipinski definition) is 1. The average Bonchev–Trinajstić information content (AvgIpc) is 3.32. The summed E-state index contributed by atoms with van der Waals surface area (Å²) in [6, 6.07) is 7.17. The Morgan fingerprint density at radius 2 is 1.55 bits per heavy atom. The van der Waals surface area contributed by atoms with Gasteiger partial charge in [0, 0.05) is 57.3 Å². The Kier molecular flexibility index (Phi) is 9.85. The highest BCUT2D eigenvalue weighted by Crippen LogP contribution is 2.58. The molecule has 1 spiro atoms. The van der Waals surface area contributed by atoms with Gasteiger partial charge in [-0.2, -0.15) is 0 Å². The number of benzene rings is 1. The minimum atomic E-state index is -1.24. The van der Waals surface area contributed by atoms with Crippen LogP contribution in [-0.2, 0) is 19.1 Å². The Balaban J connectivity index is 1.55. The van der Waals surface area contributed by atoms with Crippen LogP contribution in [-0.4, -0.2) is 95.7 Å². The maximum absolute atomic E-state index is 14.8. The Bertz CT molecular complexity index is 1260. The Labute approximate surface area is 262 Å². The molecule has 240 valence electrons. The Hall–Kier alpha value is -3.17. The zero-order valence-electron chi connectivity index (χ0n) is 26.9. The van der Waals surface area contributed by atoms with Crippen molar-refractivity contribution in [3.63, 3.8) is 0 Å². The summed E-state index contributed by atoms with van der Waals surface area (Å²) in [5.74, 6) is -1.91. The van der Waals surface area contributed by atoms with Gasteiger partial charge in [0.25, 0.3) is 5.91 Å². The number of likely N-dealkylation sites (tertiary alicyclic amines) is 1. The second kappa shape index (κ2) is 13.4. The molecule has 1 unspecified atom stereocenters. The van der Waals surface area contributed by atoms with Crippen molar-refractivity contribution in [3.05, 3.63) is 48.6 Å². The molecule has 1 aromatic rings. The van der Waals surface area contributed by atoms with Crippen LogP contribution in [0.1, 0.15) is 66.2 Å². The quantitative estimate of drug-likeness (QED) is 0.268. The molecule has 2 saturated heterocycles. The molecule has 9 heteroatoms. The average molecular weight is 607 g/mol. The third-order valence-corrected chi connectivity index (χ3v) is 10.1. The molecule has 2 fully saturated rings. The summed E-state index contributed by atoms with van der Waals surface area (Å²) in [7, 11) is 0. The minimum Gasteiger partial charge on any atom is -0.396 e. The van der Waals surface area contributed by atoms with Gasteiger partial charge in [-0.15, -0.1) is 0 Å². The van der Waals surface area contributed by atoms with E-state index in [2.05, 4.69) is 18.7 Å². The van der Waals surface area contributed by atoms with Crippen LogP contribution in [0.3, 0.4) is 0 Å². The van der Waals surface area contributed by atoms with E-state index in [0.29, 0.717) is 45.4 Å². The molecule has 4 aliphatic heterocycles. The fourth-order valence-electron chi connectivity index (χ4n) is 7.93. The molecule has 0 aromatic heterocycles. The predicted molar refractivity (Wildman–Crippen MR) is 172 cm³/mol. The van der Waals surface area contributed by atoms with Crippen molar-refractivity contribution in [1.29, 1.82) is 0 Å². The monoisotopic (exact) mass is 606 g/mol. The molecule has 0 aliphatic carbocycles. The molecule has 4 aliphatic rings. The number of carbonyl (C=O) groups is 3. The molecule has 44 heavy (non-hydrogen) atoms. The van der Waals surface area contributed by atoms with Crippen molar-refractivity contribution in [2.75, 3.05) is 55.7 Å². The van der Waals surface area contributed by atoms with Crippen LogP contribution < -0.4 is 9.80 Å². The van der Waals surface area contributed by atoms with Crippen LogP contribution >= 0.6 is 0 Å². The molecular formula is C35H50N4O5. The van der Waals surface area contributed by atoms with Gasteiger partial charge in [-0.1, -0.05) is 51.0 Å². The maximum atomic E-state index is 14.8. The van der Waals surface area contributed by atoms with E-state index >= 15 is 0 Å². The molecule has 5 atom stereocenters. The predicted octanol–water partition coefficient (Wildman–Crippen LogP) is 4.16. The van der Waals surface area contributed by atoms with Gasteiger partial charge in [-0.25, -0.2) is 0 Å². The van der Waals surface area contributed by atoms with Gasteiger partial charge in [0.15, 0.2) is 0 Å². The largest absolute Gasteiger partial charge is 0.396 e. The topological polar surface area (TPSA) is 93.6 Å². The van der Waals surface area contributed by atoms with Crippen molar-refractivity contribution in [2.45, 2.75) is 83.5 Å². The molecule has 1 aromatic carbocycles. The van der Waals surface area contributed by atoms with E-state index < -0.39 is 29.1 Å². The van der Waals surface area contributed by atoms with E-state index in [4.69, 9.17) is 4.74 Å². The van der Waals surface area contributed by atoms with E-state index in [0.717, 1.165) is 43.7 Å². The van der Waals surface area contributed by atoms with Gasteiger partial charge in [0.2, 0.25) is 11.8 Å². The highest BCUT2D eigenvalue weighted by molar-refractivity contribution is 6.06. The lowest BCUT2D eigenvalue weighted by atomic mass is 9.73. The minimum absolute atomic E-state index is 0.0635. The number of aliphatic hydroxyl groups is 1. The SMILES string of the molecule is CCCN1CC=C[C@@]2(CC)O[C@]34C=CCN(c5ccc(N(CC)CC)cc5)C(=O)C3N(CCCCCCO)C(=O)[C@@H]4[C@H]2C1=O. The lowest BCUT2D eigenvalue weighted by molar-refractivity contribution is -0.150. The number of hydrogen-bond acceptors (Lipinski definition) is 6. The number of ether oxygens (including phenoxy) is 1. The first kappa shape index (κ1) is 32.2. The summed E-state index contributed by atoms with van der Waals surface area (Å²) < 4.78 is 7.08. The molecule has 9 nitrogen and oxygen atoms in total. The summed E-state index contributed by atoms with van der Waals surface area (Å²) >= 11 is 0. The first-order chi connectivity index (χ1) is 21.3. The first-order valence-corrected chi connectivity index (χ1v) is 16.7. The van der Waals surface area contributed by atoms with Crippen LogP contribution in [0.2, 0.25) is 0 Å². The standard InChI is InChI=1S/C35H50N4O5/c1-5-21-37-22-13-19-34(6-2)28(31(37)41)29-32(42)39(23-11-9-10-12-25-40)30-33(43)38(24-14-20-35(29,30)44-34)27-17-15-26(16-18-27)36(7-3)8-4/h13-20,28-30,40H,5-12,21-25H2,1-4H3/t28-,29-,30?,34+,35-/m0/s1. The Morgan fingerprint density at radius 3 is 2.20 bits per heavy atom. The van der Waals surface area contributed by atoms with E-state index in [1.54, 1.807) is 9.80 Å². The number of anilines is 2. The number of rotatable bonds is 13. The van der Waals surface area contributed by atoms with Crippen LogP contribution in [0.15, 0.2) is 48.6 Å². The van der Waals surface area contributed by atoms with Gasteiger partial charge < -0.3 is 29.4 Å². The van der Waals surface area contributed by atoms with Crippen molar-refractivity contribution in [3.8, 4) is 0 Å². The summed E-state index contributed by atoms with van der Waals surface area (Å²) in [5, 5.41) is 9.24. The highest BCUT2D eigenvalue weighted by Gasteiger charge is 2.75. The fourth-order valence-corrected chi connectivity index (χ4v) is 7.93. The highest BCUT2D eigenvalue weighted by atomic mass is 16.5. The third-order valence-electron chi connectivity index (χ3n) is 10.1. The maximum Gasteiger partial charge on any atom is 0.253 e. The third kappa shape index (κ3) is 5.36. The van der Waals surface area contributed by atoms with Crippen molar-refractivity contribution >= 4 is 29.1 Å². The number of unbranched alkanes of at least 4 members (excludes halogenated alkanes) is 3. The lowest BCUT2D eigenvalue weighted by Crippen LogP contribution is -2.56. The zero-order valence-corrected chi connectivity index (χ0v) is 26.9. The van der Waals surface area contributed by atoms with Crippen molar-refractivity contribution < 1.29 is 24.2 Å². The summed E-state index contributed by atoms with van der Waals surface area (Å²) in [6.45, 7) is 12.1. The van der Waals surface area contributed by atoms with Crippen LogP contribution in [0.5, 0.6) is 0 Å². The second-order valence-corrected chi connectivity index (χ2v) is 12.5. The molecule has 0 radical (unpaired) electrons. The molecule has 5 rings (SSSR count).